The summed E-state index contributed by atoms with van der Waals surface area (Å²) in [5.41, 5.74) is -0.0344. The van der Waals surface area contributed by atoms with Crippen molar-refractivity contribution in [2.45, 2.75) is 111 Å². The van der Waals surface area contributed by atoms with E-state index < -0.39 is 0 Å². The number of ether oxygens (including phenoxy) is 1. The molecular weight excluding hydrogens is 388 g/mol. The molecule has 9 atom stereocenters. The standard InChI is InChI=1S/C27H40O4/c1-22(2)18-14-16(28)21-24(4)9-6-17(25(5)10-8-20(30)31-25)23(24,3)12-13-27(21)15-26(18,27)11-7-19(22)29/h16-18,21,28H,6-15H2,1-5H3/t16-,17-,18-,21-,23+,24-,25-,26+,27?/m0/s1. The van der Waals surface area contributed by atoms with Crippen LogP contribution in [0.5, 0.6) is 0 Å². The Bertz CT molecular complexity index is 878. The molecule has 6 rings (SSSR count). The molecule has 1 N–H and O–H groups in total. The first-order chi connectivity index (χ1) is 14.4. The molecule has 6 fully saturated rings. The average molecular weight is 429 g/mol. The van der Waals surface area contributed by atoms with Crippen LogP contribution in [0.3, 0.4) is 0 Å². The van der Waals surface area contributed by atoms with Crippen LogP contribution in [0.4, 0.5) is 0 Å². The van der Waals surface area contributed by atoms with E-state index in [1.807, 2.05) is 0 Å². The van der Waals surface area contributed by atoms with E-state index >= 15 is 0 Å². The number of hydrogen-bond donors (Lipinski definition) is 1. The van der Waals surface area contributed by atoms with Crippen LogP contribution < -0.4 is 0 Å². The van der Waals surface area contributed by atoms with Crippen molar-refractivity contribution in [1.82, 2.24) is 0 Å². The number of hydrogen-bond acceptors (Lipinski definition) is 4. The summed E-state index contributed by atoms with van der Waals surface area (Å²) in [6.45, 7) is 11.4. The molecule has 0 bridgehead atoms. The first-order valence-electron chi connectivity index (χ1n) is 12.8. The Morgan fingerprint density at radius 3 is 2.26 bits per heavy atom. The van der Waals surface area contributed by atoms with Crippen LogP contribution in [0.15, 0.2) is 0 Å². The van der Waals surface area contributed by atoms with E-state index in [-0.39, 0.29) is 44.7 Å². The van der Waals surface area contributed by atoms with Gasteiger partial charge in [0.2, 0.25) is 0 Å². The predicted molar refractivity (Wildman–Crippen MR) is 117 cm³/mol. The molecule has 172 valence electrons. The summed E-state index contributed by atoms with van der Waals surface area (Å²) in [5.74, 6) is 1.37. The minimum atomic E-state index is -0.350. The Balaban J connectivity index is 1.40. The van der Waals surface area contributed by atoms with Crippen LogP contribution in [0.1, 0.15) is 98.8 Å². The van der Waals surface area contributed by atoms with Gasteiger partial charge in [-0.1, -0.05) is 27.7 Å². The number of cyclic esters (lactones) is 1. The lowest BCUT2D eigenvalue weighted by Crippen LogP contribution is -2.62. The molecule has 1 heterocycles. The summed E-state index contributed by atoms with van der Waals surface area (Å²) in [4.78, 5) is 24.9. The van der Waals surface area contributed by atoms with Crippen LogP contribution in [-0.2, 0) is 14.3 Å². The molecule has 0 aromatic carbocycles. The number of fused-ring (bicyclic) bond motifs is 2. The molecule has 0 aromatic heterocycles. The van der Waals surface area contributed by atoms with Crippen molar-refractivity contribution in [2.75, 3.05) is 0 Å². The van der Waals surface area contributed by atoms with E-state index in [0.29, 0.717) is 30.0 Å². The fourth-order valence-electron chi connectivity index (χ4n) is 11.1. The molecule has 4 nitrogen and oxygen atoms in total. The van der Waals surface area contributed by atoms with Gasteiger partial charge >= 0.3 is 5.97 Å². The van der Waals surface area contributed by atoms with E-state index in [2.05, 4.69) is 34.6 Å². The fourth-order valence-corrected chi connectivity index (χ4v) is 11.1. The SMILES string of the molecule is CC1(C)C(=O)CC[C@]23CC24CC[C@]2(C)[C@@H]([C@]5(C)CCC(=O)O5)CC[C@@]2(C)[C@@H]4[C@@H](O)C[C@@H]13. The second kappa shape index (κ2) is 5.59. The lowest BCUT2D eigenvalue weighted by atomic mass is 9.41. The second-order valence-electron chi connectivity index (χ2n) is 13.7. The molecule has 1 aliphatic heterocycles. The van der Waals surface area contributed by atoms with Crippen LogP contribution in [0, 0.1) is 44.8 Å². The monoisotopic (exact) mass is 428 g/mol. The summed E-state index contributed by atoms with van der Waals surface area (Å²) in [7, 11) is 0. The molecule has 0 aromatic rings. The van der Waals surface area contributed by atoms with Crippen molar-refractivity contribution in [2.24, 2.45) is 44.8 Å². The number of carbonyl (C=O) groups excluding carboxylic acids is 2. The minimum absolute atomic E-state index is 0.0391. The van der Waals surface area contributed by atoms with Crippen molar-refractivity contribution < 1.29 is 19.4 Å². The minimum Gasteiger partial charge on any atom is -0.459 e. The van der Waals surface area contributed by atoms with Crippen molar-refractivity contribution in [3.8, 4) is 0 Å². The highest BCUT2D eigenvalue weighted by Crippen LogP contribution is 2.89. The average Bonchev–Trinajstić information content (AvgIpc) is 3.06. The molecule has 2 spiro atoms. The number of rotatable bonds is 1. The highest BCUT2D eigenvalue weighted by Gasteiger charge is 2.84. The molecule has 4 heteroatoms. The first kappa shape index (κ1) is 20.7. The maximum Gasteiger partial charge on any atom is 0.306 e. The summed E-state index contributed by atoms with van der Waals surface area (Å²) < 4.78 is 5.98. The molecule has 6 aliphatic rings. The van der Waals surface area contributed by atoms with Gasteiger partial charge in [0.1, 0.15) is 11.4 Å². The third kappa shape index (κ3) is 2.09. The summed E-state index contributed by atoms with van der Waals surface area (Å²) in [5, 5.41) is 11.7. The quantitative estimate of drug-likeness (QED) is 0.593. The Kier molecular flexibility index (Phi) is 3.73. The Hall–Kier alpha value is -0.900. The van der Waals surface area contributed by atoms with E-state index in [1.54, 1.807) is 0 Å². The fraction of sp³-hybridized carbons (Fsp3) is 0.926. The van der Waals surface area contributed by atoms with E-state index in [0.717, 1.165) is 44.9 Å². The van der Waals surface area contributed by atoms with Gasteiger partial charge in [0, 0.05) is 24.2 Å². The second-order valence-corrected chi connectivity index (χ2v) is 13.7. The lowest BCUT2D eigenvalue weighted by Gasteiger charge is -2.64. The van der Waals surface area contributed by atoms with Crippen molar-refractivity contribution in [3.63, 3.8) is 0 Å². The van der Waals surface area contributed by atoms with E-state index in [9.17, 15) is 14.7 Å². The van der Waals surface area contributed by atoms with Gasteiger partial charge in [0.15, 0.2) is 0 Å². The predicted octanol–water partition coefficient (Wildman–Crippen LogP) is 5.06. The zero-order valence-electron chi connectivity index (χ0n) is 20.1. The van der Waals surface area contributed by atoms with Crippen LogP contribution >= 0.6 is 0 Å². The molecule has 0 radical (unpaired) electrons. The largest absolute Gasteiger partial charge is 0.459 e. The Morgan fingerprint density at radius 2 is 1.58 bits per heavy atom. The lowest BCUT2D eigenvalue weighted by molar-refractivity contribution is -0.200. The van der Waals surface area contributed by atoms with Gasteiger partial charge in [0.25, 0.3) is 0 Å². The number of aliphatic hydroxyl groups excluding tert-OH is 1. The van der Waals surface area contributed by atoms with Crippen molar-refractivity contribution in [1.29, 1.82) is 0 Å². The third-order valence-corrected chi connectivity index (χ3v) is 12.7. The van der Waals surface area contributed by atoms with E-state index in [1.165, 1.54) is 12.8 Å². The summed E-state index contributed by atoms with van der Waals surface area (Å²) in [6, 6.07) is 0. The normalized spacial score (nSPS) is 59.3. The van der Waals surface area contributed by atoms with Gasteiger partial charge in [-0.05, 0) is 91.8 Å². The van der Waals surface area contributed by atoms with Crippen LogP contribution in [0.25, 0.3) is 0 Å². The van der Waals surface area contributed by atoms with Crippen LogP contribution in [0.2, 0.25) is 0 Å². The first-order valence-corrected chi connectivity index (χ1v) is 12.8. The number of ketones is 1. The van der Waals surface area contributed by atoms with E-state index in [4.69, 9.17) is 4.74 Å². The van der Waals surface area contributed by atoms with Gasteiger partial charge < -0.3 is 9.84 Å². The Morgan fingerprint density at radius 1 is 0.839 bits per heavy atom. The molecule has 1 saturated heterocycles. The van der Waals surface area contributed by atoms with Crippen molar-refractivity contribution >= 4 is 11.8 Å². The molecular formula is C27H40O4. The zero-order chi connectivity index (χ0) is 22.2. The smallest absolute Gasteiger partial charge is 0.306 e. The van der Waals surface area contributed by atoms with Gasteiger partial charge in [-0.25, -0.2) is 0 Å². The Labute approximate surface area is 186 Å². The molecule has 1 unspecified atom stereocenters. The highest BCUT2D eigenvalue weighted by molar-refractivity contribution is 5.86. The summed E-state index contributed by atoms with van der Waals surface area (Å²) in [6.07, 6.45) is 9.35. The number of carbonyl (C=O) groups is 2. The third-order valence-electron chi connectivity index (χ3n) is 12.7. The number of aliphatic hydroxyl groups is 1. The summed E-state index contributed by atoms with van der Waals surface area (Å²) >= 11 is 0. The zero-order valence-corrected chi connectivity index (χ0v) is 20.1. The highest BCUT2D eigenvalue weighted by atomic mass is 16.6. The maximum atomic E-state index is 12.8. The van der Waals surface area contributed by atoms with Crippen LogP contribution in [-0.4, -0.2) is 28.6 Å². The molecule has 0 amide bonds. The van der Waals surface area contributed by atoms with Crippen molar-refractivity contribution in [3.05, 3.63) is 0 Å². The molecule has 5 aliphatic carbocycles. The number of Topliss-reactive ketones (excluding diaryl/α,β-unsaturated/α-hetero) is 1. The number of esters is 1. The van der Waals surface area contributed by atoms with Gasteiger partial charge in [0.05, 0.1) is 6.10 Å². The molecule has 31 heavy (non-hydrogen) atoms. The van der Waals surface area contributed by atoms with Gasteiger partial charge in [-0.3, -0.25) is 9.59 Å². The van der Waals surface area contributed by atoms with Gasteiger partial charge in [-0.2, -0.15) is 0 Å². The topological polar surface area (TPSA) is 63.6 Å². The molecule has 5 saturated carbocycles. The van der Waals surface area contributed by atoms with Gasteiger partial charge in [-0.15, -0.1) is 0 Å². The maximum absolute atomic E-state index is 12.8.